The van der Waals surface area contributed by atoms with Gasteiger partial charge in [-0.15, -0.1) is 0 Å². The molecule has 0 fully saturated rings. The fourth-order valence-electron chi connectivity index (χ4n) is 2.66. The lowest BCUT2D eigenvalue weighted by atomic mass is 9.79. The Morgan fingerprint density at radius 3 is 1.77 bits per heavy atom. The lowest BCUT2D eigenvalue weighted by Gasteiger charge is -2.27. The summed E-state index contributed by atoms with van der Waals surface area (Å²) in [4.78, 5) is 25.0. The first-order chi connectivity index (χ1) is 12.4. The van der Waals surface area contributed by atoms with Crippen molar-refractivity contribution in [1.29, 1.82) is 0 Å². The smallest absolute Gasteiger partial charge is 0.327 e. The molecule has 0 heterocycles. The van der Waals surface area contributed by atoms with E-state index in [0.29, 0.717) is 11.1 Å². The minimum atomic E-state index is -1.58. The highest BCUT2D eigenvalue weighted by Gasteiger charge is 2.47. The lowest BCUT2D eigenvalue weighted by Crippen LogP contribution is -2.40. The summed E-state index contributed by atoms with van der Waals surface area (Å²) in [5.41, 5.74) is 1.59. The van der Waals surface area contributed by atoms with Crippen LogP contribution < -0.4 is 0 Å². The number of hydrogen-bond donors (Lipinski definition) is 0. The molecule has 0 aliphatic carbocycles. The molecule has 0 N–H and O–H groups in total. The summed E-state index contributed by atoms with van der Waals surface area (Å²) in [7, 11) is 0. The summed E-state index contributed by atoms with van der Waals surface area (Å²) < 4.78 is 10.2. The number of esters is 2. The molecule has 2 aromatic rings. The summed E-state index contributed by atoms with van der Waals surface area (Å²) >= 11 is 0. The normalized spacial score (nSPS) is 10.9. The Morgan fingerprint density at radius 2 is 1.31 bits per heavy atom. The fourth-order valence-corrected chi connectivity index (χ4v) is 2.66. The molecule has 0 spiro atoms. The van der Waals surface area contributed by atoms with Crippen molar-refractivity contribution >= 4 is 17.5 Å². The summed E-state index contributed by atoms with van der Waals surface area (Å²) in [6.07, 6.45) is 0. The predicted molar refractivity (Wildman–Crippen MR) is 102 cm³/mol. The Morgan fingerprint density at radius 1 is 0.846 bits per heavy atom. The number of ether oxygens (including phenoxy) is 2. The molecule has 26 heavy (non-hydrogen) atoms. The molecular weight excluding hydrogens is 328 g/mol. The second kappa shape index (κ2) is 8.48. The highest BCUT2D eigenvalue weighted by atomic mass is 16.6. The van der Waals surface area contributed by atoms with Crippen molar-refractivity contribution in [3.8, 4) is 11.1 Å². The van der Waals surface area contributed by atoms with Gasteiger partial charge in [0.25, 0.3) is 0 Å². The van der Waals surface area contributed by atoms with Gasteiger partial charge in [0.1, 0.15) is 0 Å². The van der Waals surface area contributed by atoms with Crippen LogP contribution in [0.1, 0.15) is 26.3 Å². The van der Waals surface area contributed by atoms with E-state index >= 15 is 0 Å². The monoisotopic (exact) mass is 352 g/mol. The van der Waals surface area contributed by atoms with Crippen molar-refractivity contribution in [2.24, 2.45) is 5.41 Å². The largest absolute Gasteiger partial charge is 0.465 e. The molecule has 0 unspecified atom stereocenters. The van der Waals surface area contributed by atoms with Gasteiger partial charge in [-0.05, 0) is 43.0 Å². The van der Waals surface area contributed by atoms with E-state index in [1.54, 1.807) is 13.8 Å². The van der Waals surface area contributed by atoms with Crippen LogP contribution in [0.2, 0.25) is 0 Å². The molecule has 2 rings (SSSR count). The van der Waals surface area contributed by atoms with Crippen LogP contribution in [-0.4, -0.2) is 25.2 Å². The number of hydrogen-bond acceptors (Lipinski definition) is 4. The van der Waals surface area contributed by atoms with Crippen LogP contribution in [0, 0.1) is 5.41 Å². The number of benzene rings is 2. The Kier molecular flexibility index (Phi) is 6.34. The average molecular weight is 352 g/mol. The SMILES string of the molecule is C=C(c1ccc(-c2ccccc2)cc1)C(C)(C(=O)OCC)C(=O)OCC. The van der Waals surface area contributed by atoms with Gasteiger partial charge < -0.3 is 9.47 Å². The molecule has 2 aromatic carbocycles. The van der Waals surface area contributed by atoms with E-state index in [0.717, 1.165) is 11.1 Å². The summed E-state index contributed by atoms with van der Waals surface area (Å²) in [5.74, 6) is -1.31. The topological polar surface area (TPSA) is 52.6 Å². The standard InChI is InChI=1S/C22H24O4/c1-5-25-20(23)22(4,21(24)26-6-2)16(3)17-12-14-19(15-13-17)18-10-8-7-9-11-18/h7-15H,3,5-6H2,1-2,4H3. The summed E-state index contributed by atoms with van der Waals surface area (Å²) in [6.45, 7) is 9.24. The van der Waals surface area contributed by atoms with E-state index in [1.165, 1.54) is 6.92 Å². The van der Waals surface area contributed by atoms with Crippen molar-refractivity contribution in [3.05, 3.63) is 66.7 Å². The van der Waals surface area contributed by atoms with E-state index in [2.05, 4.69) is 6.58 Å². The van der Waals surface area contributed by atoms with Gasteiger partial charge in [-0.2, -0.15) is 0 Å². The molecule has 0 aliphatic rings. The highest BCUT2D eigenvalue weighted by Crippen LogP contribution is 2.37. The molecule has 4 nitrogen and oxygen atoms in total. The Labute approximate surface area is 154 Å². The Balaban J connectivity index is 2.36. The maximum atomic E-state index is 12.5. The molecule has 0 aromatic heterocycles. The number of carbonyl (C=O) groups is 2. The third-order valence-corrected chi connectivity index (χ3v) is 4.31. The first kappa shape index (κ1) is 19.4. The third-order valence-electron chi connectivity index (χ3n) is 4.31. The van der Waals surface area contributed by atoms with Crippen LogP contribution in [0.25, 0.3) is 16.7 Å². The molecule has 4 heteroatoms. The van der Waals surface area contributed by atoms with Crippen LogP contribution in [-0.2, 0) is 19.1 Å². The van der Waals surface area contributed by atoms with Crippen LogP contribution >= 0.6 is 0 Å². The van der Waals surface area contributed by atoms with Crippen molar-refractivity contribution in [1.82, 2.24) is 0 Å². The van der Waals surface area contributed by atoms with Gasteiger partial charge in [0.05, 0.1) is 13.2 Å². The molecule has 0 saturated carbocycles. The van der Waals surface area contributed by atoms with Gasteiger partial charge in [0.2, 0.25) is 0 Å². The zero-order valence-corrected chi connectivity index (χ0v) is 15.5. The zero-order chi connectivity index (χ0) is 19.2. The van der Waals surface area contributed by atoms with Gasteiger partial charge in [-0.25, -0.2) is 0 Å². The van der Waals surface area contributed by atoms with Gasteiger partial charge in [0.15, 0.2) is 5.41 Å². The quantitative estimate of drug-likeness (QED) is 0.544. The van der Waals surface area contributed by atoms with Crippen molar-refractivity contribution in [2.75, 3.05) is 13.2 Å². The van der Waals surface area contributed by atoms with Crippen LogP contribution in [0.4, 0.5) is 0 Å². The van der Waals surface area contributed by atoms with Gasteiger partial charge in [-0.1, -0.05) is 61.2 Å². The first-order valence-electron chi connectivity index (χ1n) is 8.64. The van der Waals surface area contributed by atoms with Crippen molar-refractivity contribution in [2.45, 2.75) is 20.8 Å². The van der Waals surface area contributed by atoms with Crippen LogP contribution in [0.5, 0.6) is 0 Å². The molecule has 0 radical (unpaired) electrons. The number of carbonyl (C=O) groups excluding carboxylic acids is 2. The Bertz CT molecular complexity index is 758. The van der Waals surface area contributed by atoms with E-state index in [1.807, 2.05) is 54.6 Å². The molecule has 0 saturated heterocycles. The summed E-state index contributed by atoms with van der Waals surface area (Å²) in [6, 6.07) is 17.5. The zero-order valence-electron chi connectivity index (χ0n) is 15.5. The molecule has 0 atom stereocenters. The fraction of sp³-hybridized carbons (Fsp3) is 0.273. The van der Waals surface area contributed by atoms with Crippen molar-refractivity contribution < 1.29 is 19.1 Å². The minimum absolute atomic E-state index is 0.175. The van der Waals surface area contributed by atoms with Gasteiger partial charge in [-0.3, -0.25) is 9.59 Å². The van der Waals surface area contributed by atoms with E-state index in [9.17, 15) is 9.59 Å². The van der Waals surface area contributed by atoms with Crippen LogP contribution in [0.3, 0.4) is 0 Å². The second-order valence-corrected chi connectivity index (χ2v) is 5.99. The van der Waals surface area contributed by atoms with E-state index < -0.39 is 17.4 Å². The molecule has 0 bridgehead atoms. The van der Waals surface area contributed by atoms with E-state index in [4.69, 9.17) is 9.47 Å². The van der Waals surface area contributed by atoms with E-state index in [-0.39, 0.29) is 13.2 Å². The lowest BCUT2D eigenvalue weighted by molar-refractivity contribution is -0.165. The molecule has 0 amide bonds. The minimum Gasteiger partial charge on any atom is -0.465 e. The Hall–Kier alpha value is -2.88. The molecule has 136 valence electrons. The average Bonchev–Trinajstić information content (AvgIpc) is 2.68. The second-order valence-electron chi connectivity index (χ2n) is 5.99. The van der Waals surface area contributed by atoms with Gasteiger partial charge >= 0.3 is 11.9 Å². The maximum absolute atomic E-state index is 12.5. The van der Waals surface area contributed by atoms with Gasteiger partial charge in [0, 0.05) is 0 Å². The molecule has 0 aliphatic heterocycles. The summed E-state index contributed by atoms with van der Waals surface area (Å²) in [5, 5.41) is 0. The third kappa shape index (κ3) is 3.85. The first-order valence-corrected chi connectivity index (χ1v) is 8.64. The van der Waals surface area contributed by atoms with Crippen LogP contribution in [0.15, 0.2) is 61.2 Å². The highest BCUT2D eigenvalue weighted by molar-refractivity contribution is 6.11. The van der Waals surface area contributed by atoms with Crippen molar-refractivity contribution in [3.63, 3.8) is 0 Å². The number of rotatable bonds is 7. The maximum Gasteiger partial charge on any atom is 0.327 e. The molecular formula is C22H24O4. The predicted octanol–water partition coefficient (Wildman–Crippen LogP) is 4.50.